The Morgan fingerprint density at radius 2 is 1.91 bits per heavy atom. The average molecular weight is 336 g/mol. The molecule has 1 N–H and O–H groups in total. The second kappa shape index (κ2) is 6.07. The lowest BCUT2D eigenvalue weighted by molar-refractivity contribution is -0.120. The van der Waals surface area contributed by atoms with Crippen LogP contribution in [0.15, 0.2) is 41.3 Å². The van der Waals surface area contributed by atoms with Crippen LogP contribution in [-0.2, 0) is 19.7 Å². The van der Waals surface area contributed by atoms with Crippen LogP contribution in [0.5, 0.6) is 0 Å². The van der Waals surface area contributed by atoms with E-state index in [1.807, 2.05) is 0 Å². The van der Waals surface area contributed by atoms with E-state index in [4.69, 9.17) is 4.84 Å². The van der Waals surface area contributed by atoms with Gasteiger partial charge in [0.15, 0.2) is 0 Å². The summed E-state index contributed by atoms with van der Waals surface area (Å²) in [6.45, 7) is 0. The second-order valence-electron chi connectivity index (χ2n) is 6.00. The van der Waals surface area contributed by atoms with E-state index < -0.39 is 10.0 Å². The molecule has 3 atom stereocenters. The molecule has 0 aliphatic heterocycles. The molecule has 0 radical (unpaired) electrons. The van der Waals surface area contributed by atoms with Gasteiger partial charge in [-0.25, -0.2) is 8.42 Å². The Hall–Kier alpha value is -1.70. The summed E-state index contributed by atoms with van der Waals surface area (Å²) in [7, 11) is -1.05. The van der Waals surface area contributed by atoms with Crippen LogP contribution >= 0.6 is 0 Å². The van der Waals surface area contributed by atoms with Crippen LogP contribution in [0.1, 0.15) is 12.8 Å². The number of anilines is 1. The number of amides is 1. The maximum absolute atomic E-state index is 12.3. The number of nitrogens with zero attached hydrogens (tertiary/aromatic N) is 1. The average Bonchev–Trinajstić information content (AvgIpc) is 3.17. The lowest BCUT2D eigenvalue weighted by Crippen LogP contribution is -2.26. The number of allylic oxidation sites excluding steroid dienone is 2. The molecule has 3 unspecified atom stereocenters. The second-order valence-corrected chi connectivity index (χ2v) is 7.93. The van der Waals surface area contributed by atoms with Crippen LogP contribution < -0.4 is 5.32 Å². The first-order chi connectivity index (χ1) is 10.9. The molecule has 3 rings (SSSR count). The fourth-order valence-corrected chi connectivity index (χ4v) is 4.25. The highest BCUT2D eigenvalue weighted by Gasteiger charge is 2.39. The first-order valence-corrected chi connectivity index (χ1v) is 8.98. The topological polar surface area (TPSA) is 75.7 Å². The Morgan fingerprint density at radius 1 is 1.22 bits per heavy atom. The zero-order valence-corrected chi connectivity index (χ0v) is 13.9. The van der Waals surface area contributed by atoms with E-state index in [1.165, 1.54) is 26.3 Å². The molecule has 1 aromatic rings. The first-order valence-electron chi connectivity index (χ1n) is 7.54. The third-order valence-corrected chi connectivity index (χ3v) is 6.32. The van der Waals surface area contributed by atoms with Crippen LogP contribution in [0.3, 0.4) is 0 Å². The number of sulfonamides is 1. The minimum atomic E-state index is -3.67. The van der Waals surface area contributed by atoms with Crippen molar-refractivity contribution in [3.05, 3.63) is 36.4 Å². The molecule has 6 nitrogen and oxygen atoms in total. The minimum Gasteiger partial charge on any atom is -0.326 e. The molecule has 2 aliphatic rings. The van der Waals surface area contributed by atoms with Gasteiger partial charge in [-0.2, -0.15) is 0 Å². The smallest absolute Gasteiger partial charge is 0.264 e. The van der Waals surface area contributed by atoms with Crippen molar-refractivity contribution in [3.63, 3.8) is 0 Å². The number of benzene rings is 1. The van der Waals surface area contributed by atoms with Crippen molar-refractivity contribution in [2.75, 3.05) is 19.5 Å². The van der Waals surface area contributed by atoms with Gasteiger partial charge in [0.2, 0.25) is 5.91 Å². The van der Waals surface area contributed by atoms with E-state index in [0.29, 0.717) is 17.5 Å². The summed E-state index contributed by atoms with van der Waals surface area (Å²) in [5, 5.41) is 2.88. The van der Waals surface area contributed by atoms with Gasteiger partial charge in [-0.05, 0) is 48.9 Å². The van der Waals surface area contributed by atoms with Gasteiger partial charge in [-0.15, -0.1) is 0 Å². The van der Waals surface area contributed by atoms with Crippen molar-refractivity contribution in [2.24, 2.45) is 17.8 Å². The summed E-state index contributed by atoms with van der Waals surface area (Å²) in [5.41, 5.74) is 0.598. The van der Waals surface area contributed by atoms with E-state index in [0.717, 1.165) is 17.3 Å². The largest absolute Gasteiger partial charge is 0.326 e. The Kier molecular flexibility index (Phi) is 4.27. The molecular weight excluding hydrogens is 316 g/mol. The lowest BCUT2D eigenvalue weighted by atomic mass is 9.93. The monoisotopic (exact) mass is 336 g/mol. The minimum absolute atomic E-state index is 0.00599. The molecule has 1 fully saturated rings. The van der Waals surface area contributed by atoms with Gasteiger partial charge in [0.05, 0.1) is 12.0 Å². The standard InChI is InChI=1S/C16H20N2O4S/c1-18(22-2)23(20,21)14-7-5-13(6-8-14)17-16(19)15-10-11-3-4-12(15)9-11/h3-8,11-12,15H,9-10H2,1-2H3,(H,17,19). The van der Waals surface area contributed by atoms with Gasteiger partial charge < -0.3 is 5.32 Å². The molecule has 124 valence electrons. The van der Waals surface area contributed by atoms with Gasteiger partial charge in [0, 0.05) is 18.7 Å². The first kappa shape index (κ1) is 16.2. The molecule has 0 heterocycles. The molecule has 0 aromatic heterocycles. The summed E-state index contributed by atoms with van der Waals surface area (Å²) in [4.78, 5) is 17.2. The fraction of sp³-hybridized carbons (Fsp3) is 0.438. The number of nitrogens with one attached hydrogen (secondary N) is 1. The predicted octanol–water partition coefficient (Wildman–Crippen LogP) is 2.02. The van der Waals surface area contributed by atoms with Gasteiger partial charge in [0.25, 0.3) is 10.0 Å². The van der Waals surface area contributed by atoms with Crippen LogP contribution in [0.2, 0.25) is 0 Å². The number of rotatable bonds is 5. The van der Waals surface area contributed by atoms with Crippen molar-refractivity contribution in [2.45, 2.75) is 17.7 Å². The maximum Gasteiger partial charge on any atom is 0.264 e. The van der Waals surface area contributed by atoms with Crippen molar-refractivity contribution < 1.29 is 18.0 Å². The molecular formula is C16H20N2O4S. The Balaban J connectivity index is 1.68. The number of hydrogen-bond donors (Lipinski definition) is 1. The zero-order valence-electron chi connectivity index (χ0n) is 13.1. The highest BCUT2D eigenvalue weighted by Crippen LogP contribution is 2.43. The number of carbonyl (C=O) groups excluding carboxylic acids is 1. The summed E-state index contributed by atoms with van der Waals surface area (Å²) in [6.07, 6.45) is 6.30. The molecule has 2 bridgehead atoms. The number of hydrogen-bond acceptors (Lipinski definition) is 4. The van der Waals surface area contributed by atoms with Crippen molar-refractivity contribution in [1.82, 2.24) is 4.47 Å². The van der Waals surface area contributed by atoms with Crippen molar-refractivity contribution in [1.29, 1.82) is 0 Å². The van der Waals surface area contributed by atoms with E-state index >= 15 is 0 Å². The zero-order chi connectivity index (χ0) is 16.6. The summed E-state index contributed by atoms with van der Waals surface area (Å²) >= 11 is 0. The number of hydroxylamine groups is 1. The summed E-state index contributed by atoms with van der Waals surface area (Å²) in [5.74, 6) is 0.905. The van der Waals surface area contributed by atoms with E-state index in [1.54, 1.807) is 12.1 Å². The molecule has 0 saturated heterocycles. The van der Waals surface area contributed by atoms with Gasteiger partial charge >= 0.3 is 0 Å². The Morgan fingerprint density at radius 3 is 2.43 bits per heavy atom. The third-order valence-electron chi connectivity index (χ3n) is 4.63. The van der Waals surface area contributed by atoms with Crippen LogP contribution in [0.4, 0.5) is 5.69 Å². The Bertz CT molecular complexity index is 727. The third kappa shape index (κ3) is 3.04. The molecule has 23 heavy (non-hydrogen) atoms. The van der Waals surface area contributed by atoms with Gasteiger partial charge in [0.1, 0.15) is 0 Å². The van der Waals surface area contributed by atoms with Gasteiger partial charge in [-0.3, -0.25) is 9.63 Å². The summed E-state index contributed by atoms with van der Waals surface area (Å²) < 4.78 is 25.0. The lowest BCUT2D eigenvalue weighted by Gasteiger charge is -2.18. The van der Waals surface area contributed by atoms with E-state index in [-0.39, 0.29) is 16.7 Å². The van der Waals surface area contributed by atoms with Crippen LogP contribution in [0, 0.1) is 17.8 Å². The molecule has 2 aliphatic carbocycles. The van der Waals surface area contributed by atoms with Crippen molar-refractivity contribution >= 4 is 21.6 Å². The SMILES string of the molecule is CON(C)S(=O)(=O)c1ccc(NC(=O)C2CC3C=CC2C3)cc1. The highest BCUT2D eigenvalue weighted by molar-refractivity contribution is 7.89. The Labute approximate surface area is 136 Å². The van der Waals surface area contributed by atoms with Crippen molar-refractivity contribution in [3.8, 4) is 0 Å². The molecule has 0 spiro atoms. The predicted molar refractivity (Wildman–Crippen MR) is 85.9 cm³/mol. The quantitative estimate of drug-likeness (QED) is 0.659. The normalized spacial score (nSPS) is 26.0. The van der Waals surface area contributed by atoms with E-state index in [9.17, 15) is 13.2 Å². The van der Waals surface area contributed by atoms with Crippen LogP contribution in [-0.4, -0.2) is 33.0 Å². The number of fused-ring (bicyclic) bond motifs is 2. The summed E-state index contributed by atoms with van der Waals surface area (Å²) in [6, 6.07) is 6.11. The maximum atomic E-state index is 12.3. The fourth-order valence-electron chi connectivity index (χ4n) is 3.27. The highest BCUT2D eigenvalue weighted by atomic mass is 32.2. The van der Waals surface area contributed by atoms with Crippen LogP contribution in [0.25, 0.3) is 0 Å². The van der Waals surface area contributed by atoms with E-state index in [2.05, 4.69) is 17.5 Å². The molecule has 1 saturated carbocycles. The molecule has 1 amide bonds. The molecule has 1 aromatic carbocycles. The van der Waals surface area contributed by atoms with Gasteiger partial charge in [-0.1, -0.05) is 16.6 Å². The molecule has 7 heteroatoms. The number of carbonyl (C=O) groups is 1.